The lowest BCUT2D eigenvalue weighted by Gasteiger charge is -2.33. The minimum Gasteiger partial charge on any atom is -0.363 e. The van der Waals surface area contributed by atoms with Crippen LogP contribution in [0.15, 0.2) is 42.5 Å². The Balaban J connectivity index is 2.39. The first-order valence-electron chi connectivity index (χ1n) is 7.05. The zero-order chi connectivity index (χ0) is 15.4. The normalized spacial score (nSPS) is 12.2. The smallest absolute Gasteiger partial charge is 0.124 e. The lowest BCUT2D eigenvalue weighted by molar-refractivity contribution is 0.617. The van der Waals surface area contributed by atoms with Crippen molar-refractivity contribution < 1.29 is 4.39 Å². The van der Waals surface area contributed by atoms with Crippen LogP contribution in [0.2, 0.25) is 5.02 Å². The van der Waals surface area contributed by atoms with Crippen LogP contribution >= 0.6 is 11.6 Å². The largest absolute Gasteiger partial charge is 0.363 e. The lowest BCUT2D eigenvalue weighted by atomic mass is 10.0. The van der Waals surface area contributed by atoms with E-state index in [1.807, 2.05) is 0 Å². The molecule has 0 heterocycles. The quantitative estimate of drug-likeness (QED) is 0.891. The fraction of sp³-hybridized carbons (Fsp3) is 0.294. The summed E-state index contributed by atoms with van der Waals surface area (Å²) in [6, 6.07) is 12.7. The Bertz CT molecular complexity index is 598. The van der Waals surface area contributed by atoms with E-state index in [4.69, 9.17) is 17.3 Å². The van der Waals surface area contributed by atoms with Crippen LogP contribution in [-0.4, -0.2) is 13.1 Å². The Kier molecular flexibility index (Phi) is 5.21. The standard InChI is InChI=1S/C17H20ClFN2/c1-3-21(14-7-4-12(2)5-8-14)17(11-20)15-9-6-13(19)10-16(15)18/h4-10,17H,3,11,20H2,1-2H3. The summed E-state index contributed by atoms with van der Waals surface area (Å²) in [6.45, 7) is 5.32. The van der Waals surface area contributed by atoms with Crippen molar-refractivity contribution in [1.82, 2.24) is 0 Å². The van der Waals surface area contributed by atoms with E-state index in [1.165, 1.54) is 17.7 Å². The first-order valence-corrected chi connectivity index (χ1v) is 7.43. The maximum atomic E-state index is 13.2. The molecule has 2 aromatic carbocycles. The van der Waals surface area contributed by atoms with Crippen molar-refractivity contribution in [2.75, 3.05) is 18.0 Å². The molecule has 0 spiro atoms. The second-order valence-corrected chi connectivity index (χ2v) is 5.45. The van der Waals surface area contributed by atoms with Crippen LogP contribution in [0.5, 0.6) is 0 Å². The molecule has 21 heavy (non-hydrogen) atoms. The van der Waals surface area contributed by atoms with Crippen molar-refractivity contribution in [2.45, 2.75) is 19.9 Å². The number of aryl methyl sites for hydroxylation is 1. The monoisotopic (exact) mass is 306 g/mol. The molecule has 1 unspecified atom stereocenters. The van der Waals surface area contributed by atoms with Gasteiger partial charge >= 0.3 is 0 Å². The molecule has 0 aromatic heterocycles. The van der Waals surface area contributed by atoms with Crippen molar-refractivity contribution in [2.24, 2.45) is 5.73 Å². The molecular weight excluding hydrogens is 287 g/mol. The van der Waals surface area contributed by atoms with Crippen LogP contribution in [0.3, 0.4) is 0 Å². The lowest BCUT2D eigenvalue weighted by Crippen LogP contribution is -2.34. The molecule has 0 aliphatic heterocycles. The summed E-state index contributed by atoms with van der Waals surface area (Å²) in [7, 11) is 0. The van der Waals surface area contributed by atoms with E-state index in [0.29, 0.717) is 11.6 Å². The van der Waals surface area contributed by atoms with E-state index >= 15 is 0 Å². The summed E-state index contributed by atoms with van der Waals surface area (Å²) in [6.07, 6.45) is 0. The third-order valence-corrected chi connectivity index (χ3v) is 3.95. The minimum absolute atomic E-state index is 0.0780. The third-order valence-electron chi connectivity index (χ3n) is 3.63. The summed E-state index contributed by atoms with van der Waals surface area (Å²) < 4.78 is 13.2. The van der Waals surface area contributed by atoms with Crippen molar-refractivity contribution in [3.63, 3.8) is 0 Å². The number of hydrogen-bond donors (Lipinski definition) is 1. The number of halogens is 2. The highest BCUT2D eigenvalue weighted by atomic mass is 35.5. The first-order chi connectivity index (χ1) is 10.1. The van der Waals surface area contributed by atoms with Gasteiger partial charge in [-0.1, -0.05) is 35.4 Å². The molecule has 2 nitrogen and oxygen atoms in total. The first kappa shape index (κ1) is 15.8. The van der Waals surface area contributed by atoms with E-state index in [1.54, 1.807) is 6.07 Å². The van der Waals surface area contributed by atoms with Crippen molar-refractivity contribution in [3.8, 4) is 0 Å². The van der Waals surface area contributed by atoms with Crippen molar-refractivity contribution in [1.29, 1.82) is 0 Å². The maximum Gasteiger partial charge on any atom is 0.124 e. The Labute approximate surface area is 130 Å². The summed E-state index contributed by atoms with van der Waals surface area (Å²) in [5.74, 6) is -0.335. The molecule has 0 saturated heterocycles. The summed E-state index contributed by atoms with van der Waals surface area (Å²) in [4.78, 5) is 2.18. The maximum absolute atomic E-state index is 13.2. The van der Waals surface area contributed by atoms with E-state index in [0.717, 1.165) is 17.8 Å². The molecule has 1 atom stereocenters. The van der Waals surface area contributed by atoms with Gasteiger partial charge in [0.25, 0.3) is 0 Å². The van der Waals surface area contributed by atoms with E-state index in [9.17, 15) is 4.39 Å². The van der Waals surface area contributed by atoms with E-state index in [2.05, 4.69) is 43.0 Å². The number of anilines is 1. The van der Waals surface area contributed by atoms with Crippen LogP contribution in [0.25, 0.3) is 0 Å². The molecule has 0 radical (unpaired) electrons. The van der Waals surface area contributed by atoms with Crippen LogP contribution in [-0.2, 0) is 0 Å². The second-order valence-electron chi connectivity index (χ2n) is 5.04. The molecule has 0 aliphatic rings. The fourth-order valence-corrected chi connectivity index (χ4v) is 2.81. The molecule has 4 heteroatoms. The molecule has 2 N–H and O–H groups in total. The zero-order valence-electron chi connectivity index (χ0n) is 12.3. The predicted octanol–water partition coefficient (Wildman–Crippen LogP) is 4.31. The molecule has 0 saturated carbocycles. The molecule has 112 valence electrons. The molecule has 0 aliphatic carbocycles. The number of nitrogens with two attached hydrogens (primary N) is 1. The number of nitrogens with zero attached hydrogens (tertiary/aromatic N) is 1. The van der Waals surface area contributed by atoms with Gasteiger partial charge in [-0.3, -0.25) is 0 Å². The molecule has 2 rings (SSSR count). The number of rotatable bonds is 5. The van der Waals surface area contributed by atoms with Gasteiger partial charge in [0.15, 0.2) is 0 Å². The topological polar surface area (TPSA) is 29.3 Å². The van der Waals surface area contributed by atoms with Gasteiger partial charge in [0.2, 0.25) is 0 Å². The summed E-state index contributed by atoms with van der Waals surface area (Å²) in [5.41, 5.74) is 9.10. The van der Waals surface area contributed by atoms with Crippen LogP contribution in [0, 0.1) is 12.7 Å². The molecular formula is C17H20ClFN2. The van der Waals surface area contributed by atoms with Gasteiger partial charge in [0.05, 0.1) is 6.04 Å². The Hall–Kier alpha value is -1.58. The van der Waals surface area contributed by atoms with Crippen molar-refractivity contribution >= 4 is 17.3 Å². The fourth-order valence-electron chi connectivity index (χ4n) is 2.51. The predicted molar refractivity (Wildman–Crippen MR) is 87.4 cm³/mol. The van der Waals surface area contributed by atoms with Crippen LogP contribution in [0.4, 0.5) is 10.1 Å². The zero-order valence-corrected chi connectivity index (χ0v) is 13.1. The van der Waals surface area contributed by atoms with Gasteiger partial charge in [-0.15, -0.1) is 0 Å². The van der Waals surface area contributed by atoms with E-state index < -0.39 is 0 Å². The summed E-state index contributed by atoms with van der Waals surface area (Å²) >= 11 is 6.19. The number of hydrogen-bond acceptors (Lipinski definition) is 2. The van der Waals surface area contributed by atoms with Gasteiger partial charge in [0.1, 0.15) is 5.82 Å². The molecule has 0 bridgehead atoms. The van der Waals surface area contributed by atoms with Gasteiger partial charge < -0.3 is 10.6 Å². The van der Waals surface area contributed by atoms with Gasteiger partial charge in [-0.2, -0.15) is 0 Å². The third kappa shape index (κ3) is 3.55. The highest BCUT2D eigenvalue weighted by Crippen LogP contribution is 2.31. The van der Waals surface area contributed by atoms with Gasteiger partial charge in [-0.05, 0) is 43.7 Å². The second kappa shape index (κ2) is 6.92. The van der Waals surface area contributed by atoms with Gasteiger partial charge in [0, 0.05) is 23.8 Å². The highest BCUT2D eigenvalue weighted by molar-refractivity contribution is 6.31. The molecule has 2 aromatic rings. The molecule has 0 fully saturated rings. The average molecular weight is 307 g/mol. The van der Waals surface area contributed by atoms with E-state index in [-0.39, 0.29) is 11.9 Å². The Morgan fingerprint density at radius 2 is 1.86 bits per heavy atom. The van der Waals surface area contributed by atoms with Crippen LogP contribution in [0.1, 0.15) is 24.1 Å². The average Bonchev–Trinajstić information content (AvgIpc) is 2.47. The Morgan fingerprint density at radius 3 is 2.38 bits per heavy atom. The minimum atomic E-state index is -0.335. The Morgan fingerprint density at radius 1 is 1.19 bits per heavy atom. The number of benzene rings is 2. The highest BCUT2D eigenvalue weighted by Gasteiger charge is 2.20. The summed E-state index contributed by atoms with van der Waals surface area (Å²) in [5, 5.41) is 0.413. The molecule has 0 amide bonds. The van der Waals surface area contributed by atoms with Gasteiger partial charge in [-0.25, -0.2) is 4.39 Å². The SMILES string of the molecule is CCN(c1ccc(C)cc1)C(CN)c1ccc(F)cc1Cl. The van der Waals surface area contributed by atoms with Crippen molar-refractivity contribution in [3.05, 3.63) is 64.4 Å². The number of likely N-dealkylation sites (N-methyl/N-ethyl adjacent to an activating group) is 1. The van der Waals surface area contributed by atoms with Crippen LogP contribution < -0.4 is 10.6 Å².